The quantitative estimate of drug-likeness (QED) is 0.461. The molecular formula is C21H24N2O3. The molecule has 0 saturated carbocycles. The van der Waals surface area contributed by atoms with Crippen molar-refractivity contribution in [2.24, 2.45) is 11.1 Å². The maximum Gasteiger partial charge on any atom is 0.534 e. The number of rotatable bonds is 3. The van der Waals surface area contributed by atoms with E-state index in [1.807, 2.05) is 36.4 Å². The van der Waals surface area contributed by atoms with Gasteiger partial charge < -0.3 is 4.74 Å². The van der Waals surface area contributed by atoms with Crippen LogP contribution < -0.4 is 0 Å². The van der Waals surface area contributed by atoms with E-state index >= 15 is 0 Å². The van der Waals surface area contributed by atoms with Crippen LogP contribution in [0.5, 0.6) is 0 Å². The van der Waals surface area contributed by atoms with Crippen LogP contribution in [0.4, 0.5) is 4.79 Å². The van der Waals surface area contributed by atoms with Gasteiger partial charge in [-0.2, -0.15) is 0 Å². The maximum atomic E-state index is 11.4. The molecule has 1 aliphatic heterocycles. The van der Waals surface area contributed by atoms with Gasteiger partial charge in [-0.25, -0.2) is 4.79 Å². The SMILES string of the molecule is COC(=O)O/N=C1\CC(c2ccccc2)N(C)C(c2ccccc2)C1C. The van der Waals surface area contributed by atoms with Crippen LogP contribution in [0.1, 0.15) is 36.6 Å². The molecule has 0 aromatic heterocycles. The summed E-state index contributed by atoms with van der Waals surface area (Å²) in [4.78, 5) is 18.7. The molecule has 3 unspecified atom stereocenters. The predicted octanol–water partition coefficient (Wildman–Crippen LogP) is 4.58. The fourth-order valence-corrected chi connectivity index (χ4v) is 3.71. The third-order valence-electron chi connectivity index (χ3n) is 5.06. The highest BCUT2D eigenvalue weighted by Crippen LogP contribution is 2.42. The monoisotopic (exact) mass is 352 g/mol. The zero-order valence-electron chi connectivity index (χ0n) is 15.3. The molecule has 0 amide bonds. The average Bonchev–Trinajstić information content (AvgIpc) is 2.68. The van der Waals surface area contributed by atoms with Crippen molar-refractivity contribution in [3.8, 4) is 0 Å². The molecule has 0 spiro atoms. The molecule has 2 aromatic carbocycles. The molecule has 5 heteroatoms. The number of oxime groups is 1. The van der Waals surface area contributed by atoms with E-state index in [9.17, 15) is 4.79 Å². The second kappa shape index (κ2) is 8.15. The first-order valence-electron chi connectivity index (χ1n) is 8.75. The van der Waals surface area contributed by atoms with Gasteiger partial charge >= 0.3 is 6.16 Å². The van der Waals surface area contributed by atoms with Crippen LogP contribution >= 0.6 is 0 Å². The van der Waals surface area contributed by atoms with Crippen LogP contribution in [-0.4, -0.2) is 30.9 Å². The number of methoxy groups -OCH3 is 1. The lowest BCUT2D eigenvalue weighted by Crippen LogP contribution is -2.42. The molecule has 1 fully saturated rings. The van der Waals surface area contributed by atoms with Gasteiger partial charge in [0.15, 0.2) is 0 Å². The standard InChI is InChI=1S/C21H24N2O3/c1-15-18(22-26-21(24)25-3)14-19(16-10-6-4-7-11-16)23(2)20(15)17-12-8-5-9-13-17/h4-13,15,19-20H,14H2,1-3H3/b22-18+. The Morgan fingerprint density at radius 1 is 1.04 bits per heavy atom. The molecular weight excluding hydrogens is 328 g/mol. The lowest BCUT2D eigenvalue weighted by atomic mass is 9.80. The normalized spacial score (nSPS) is 25.0. The molecule has 0 N–H and O–H groups in total. The Morgan fingerprint density at radius 3 is 2.19 bits per heavy atom. The summed E-state index contributed by atoms with van der Waals surface area (Å²) in [5.74, 6) is 0.104. The van der Waals surface area contributed by atoms with Crippen molar-refractivity contribution in [3.05, 3.63) is 71.8 Å². The molecule has 26 heavy (non-hydrogen) atoms. The Hall–Kier alpha value is -2.66. The van der Waals surface area contributed by atoms with Crippen molar-refractivity contribution < 1.29 is 14.4 Å². The summed E-state index contributed by atoms with van der Waals surface area (Å²) in [6.45, 7) is 2.12. The number of benzene rings is 2. The summed E-state index contributed by atoms with van der Waals surface area (Å²) in [6.07, 6.45) is -0.0988. The third-order valence-corrected chi connectivity index (χ3v) is 5.06. The maximum absolute atomic E-state index is 11.4. The summed E-state index contributed by atoms with van der Waals surface area (Å²) in [7, 11) is 3.42. The van der Waals surface area contributed by atoms with Gasteiger partial charge in [-0.3, -0.25) is 9.74 Å². The fraction of sp³-hybridized carbons (Fsp3) is 0.333. The Bertz CT molecular complexity index is 761. The Balaban J connectivity index is 1.98. The van der Waals surface area contributed by atoms with Crippen molar-refractivity contribution >= 4 is 11.9 Å². The summed E-state index contributed by atoms with van der Waals surface area (Å²) in [5, 5.41) is 4.14. The molecule has 1 aliphatic rings. The second-order valence-corrected chi connectivity index (χ2v) is 6.57. The summed E-state index contributed by atoms with van der Waals surface area (Å²) in [5.41, 5.74) is 3.29. The average molecular weight is 352 g/mol. The number of carbonyl (C=O) groups excluding carboxylic acids is 1. The van der Waals surface area contributed by atoms with E-state index in [4.69, 9.17) is 4.84 Å². The number of carbonyl (C=O) groups is 1. The van der Waals surface area contributed by atoms with Crippen molar-refractivity contribution in [3.63, 3.8) is 0 Å². The van der Waals surface area contributed by atoms with Crippen molar-refractivity contribution in [1.82, 2.24) is 4.90 Å². The Kier molecular flexibility index (Phi) is 5.68. The zero-order chi connectivity index (χ0) is 18.5. The smallest absolute Gasteiger partial charge is 0.436 e. The number of piperidine rings is 1. The van der Waals surface area contributed by atoms with Crippen molar-refractivity contribution in [1.29, 1.82) is 0 Å². The highest BCUT2D eigenvalue weighted by molar-refractivity contribution is 5.88. The molecule has 0 aliphatic carbocycles. The van der Waals surface area contributed by atoms with E-state index in [0.29, 0.717) is 6.42 Å². The molecule has 0 bridgehead atoms. The van der Waals surface area contributed by atoms with Crippen LogP contribution in [0.3, 0.4) is 0 Å². The lowest BCUT2D eigenvalue weighted by molar-refractivity contribution is 0.0711. The van der Waals surface area contributed by atoms with Gasteiger partial charge in [0.1, 0.15) is 0 Å². The van der Waals surface area contributed by atoms with E-state index in [-0.39, 0.29) is 18.0 Å². The van der Waals surface area contributed by atoms with Gasteiger partial charge in [0.2, 0.25) is 0 Å². The lowest BCUT2D eigenvalue weighted by Gasteiger charge is -2.44. The summed E-state index contributed by atoms with van der Waals surface area (Å²) >= 11 is 0. The van der Waals surface area contributed by atoms with Crippen LogP contribution in [-0.2, 0) is 9.57 Å². The molecule has 1 saturated heterocycles. The van der Waals surface area contributed by atoms with Crippen LogP contribution in [0.15, 0.2) is 65.8 Å². The minimum atomic E-state index is -0.795. The number of likely N-dealkylation sites (tertiary alicyclic amines) is 1. The van der Waals surface area contributed by atoms with Crippen molar-refractivity contribution in [2.75, 3.05) is 14.2 Å². The first-order valence-corrected chi connectivity index (χ1v) is 8.75. The van der Waals surface area contributed by atoms with E-state index in [0.717, 1.165) is 5.71 Å². The third kappa shape index (κ3) is 3.78. The molecule has 136 valence electrons. The van der Waals surface area contributed by atoms with Gasteiger partial charge in [0.25, 0.3) is 0 Å². The number of ether oxygens (including phenoxy) is 1. The Labute approximate surface area is 154 Å². The highest BCUT2D eigenvalue weighted by Gasteiger charge is 2.38. The minimum absolute atomic E-state index is 0.104. The largest absolute Gasteiger partial charge is 0.534 e. The van der Waals surface area contributed by atoms with Gasteiger partial charge in [0, 0.05) is 24.4 Å². The number of hydrogen-bond donors (Lipinski definition) is 0. The second-order valence-electron chi connectivity index (χ2n) is 6.57. The summed E-state index contributed by atoms with van der Waals surface area (Å²) < 4.78 is 4.54. The fourth-order valence-electron chi connectivity index (χ4n) is 3.71. The Morgan fingerprint density at radius 2 is 1.62 bits per heavy atom. The van der Waals surface area contributed by atoms with Gasteiger partial charge in [-0.1, -0.05) is 72.7 Å². The molecule has 2 aromatic rings. The van der Waals surface area contributed by atoms with E-state index < -0.39 is 6.16 Å². The van der Waals surface area contributed by atoms with Crippen LogP contribution in [0.2, 0.25) is 0 Å². The van der Waals surface area contributed by atoms with E-state index in [1.54, 1.807) is 0 Å². The van der Waals surface area contributed by atoms with Crippen LogP contribution in [0, 0.1) is 5.92 Å². The molecule has 0 radical (unpaired) electrons. The van der Waals surface area contributed by atoms with Gasteiger partial charge in [0.05, 0.1) is 12.8 Å². The van der Waals surface area contributed by atoms with Crippen LogP contribution in [0.25, 0.3) is 0 Å². The predicted molar refractivity (Wildman–Crippen MR) is 101 cm³/mol. The first kappa shape index (κ1) is 18.1. The van der Waals surface area contributed by atoms with E-state index in [2.05, 4.69) is 53.0 Å². The molecule has 3 atom stereocenters. The molecule has 1 heterocycles. The zero-order valence-corrected chi connectivity index (χ0v) is 15.3. The number of nitrogens with zero attached hydrogens (tertiary/aromatic N) is 2. The van der Waals surface area contributed by atoms with E-state index in [1.165, 1.54) is 18.2 Å². The first-order chi connectivity index (χ1) is 12.6. The molecule has 5 nitrogen and oxygen atoms in total. The van der Waals surface area contributed by atoms with Gasteiger partial charge in [-0.15, -0.1) is 0 Å². The topological polar surface area (TPSA) is 51.1 Å². The highest BCUT2D eigenvalue weighted by atomic mass is 16.8. The minimum Gasteiger partial charge on any atom is -0.436 e. The van der Waals surface area contributed by atoms with Crippen molar-refractivity contribution in [2.45, 2.75) is 25.4 Å². The van der Waals surface area contributed by atoms with Gasteiger partial charge in [-0.05, 0) is 18.2 Å². The number of hydrogen-bond acceptors (Lipinski definition) is 5. The summed E-state index contributed by atoms with van der Waals surface area (Å²) in [6, 6.07) is 21.0. The molecule has 3 rings (SSSR count).